The first-order chi connectivity index (χ1) is 11.3. The molecule has 0 saturated heterocycles. The first kappa shape index (κ1) is 21.0. The number of alkyl halides is 1. The van der Waals surface area contributed by atoms with Gasteiger partial charge in [-0.15, -0.1) is 0 Å². The highest BCUT2D eigenvalue weighted by atomic mass is 79.9. The van der Waals surface area contributed by atoms with Gasteiger partial charge in [0.25, 0.3) is 0 Å². The zero-order valence-electron chi connectivity index (χ0n) is 15.2. The van der Waals surface area contributed by atoms with E-state index in [2.05, 4.69) is 22.9 Å². The Morgan fingerprint density at radius 2 is 1.57 bits per heavy atom. The van der Waals surface area contributed by atoms with Crippen molar-refractivity contribution in [2.24, 2.45) is 5.92 Å². The zero-order valence-corrected chi connectivity index (χ0v) is 16.7. The lowest BCUT2D eigenvalue weighted by Gasteiger charge is -2.17. The average molecular weight is 389 g/mol. The molecule has 3 heteroatoms. The molecular weight excluding hydrogens is 352 g/mol. The molecule has 1 rings (SSSR count). The second kappa shape index (κ2) is 14.3. The summed E-state index contributed by atoms with van der Waals surface area (Å²) < 4.78 is 5.78. The van der Waals surface area contributed by atoms with E-state index >= 15 is 0 Å². The van der Waals surface area contributed by atoms with Crippen LogP contribution in [0.4, 0.5) is 0 Å². The number of carbonyl (C=O) groups excluding carboxylic acids is 1. The molecule has 0 aliphatic heterocycles. The Bertz CT molecular complexity index is 289. The summed E-state index contributed by atoms with van der Waals surface area (Å²) in [5, 5.41) is 1.09. The molecule has 136 valence electrons. The summed E-state index contributed by atoms with van der Waals surface area (Å²) in [7, 11) is 0. The van der Waals surface area contributed by atoms with Crippen LogP contribution in [0.15, 0.2) is 0 Å². The molecule has 0 amide bonds. The summed E-state index contributed by atoms with van der Waals surface area (Å²) in [6, 6.07) is 0. The molecule has 0 bridgehead atoms. The molecule has 1 saturated carbocycles. The zero-order chi connectivity index (χ0) is 16.8. The molecule has 1 atom stereocenters. The molecule has 1 aliphatic rings. The molecule has 0 N–H and O–H groups in total. The maximum atomic E-state index is 12.0. The maximum Gasteiger partial charge on any atom is 0.306 e. The summed E-state index contributed by atoms with van der Waals surface area (Å²) in [5.41, 5.74) is 0. The Hall–Kier alpha value is -0.0500. The molecule has 23 heavy (non-hydrogen) atoms. The first-order valence-corrected chi connectivity index (χ1v) is 11.2. The fraction of sp³-hybridized carbons (Fsp3) is 0.950. The van der Waals surface area contributed by atoms with Crippen LogP contribution in [0, 0.1) is 5.92 Å². The normalized spacial score (nSPS) is 15.6. The molecule has 0 spiro atoms. The van der Waals surface area contributed by atoms with Crippen LogP contribution in [0.1, 0.15) is 103 Å². The molecule has 0 aromatic heterocycles. The smallest absolute Gasteiger partial charge is 0.306 e. The number of halogens is 1. The molecule has 1 aliphatic carbocycles. The van der Waals surface area contributed by atoms with Crippen LogP contribution in [0.5, 0.6) is 0 Å². The van der Waals surface area contributed by atoms with Crippen molar-refractivity contribution >= 4 is 21.9 Å². The van der Waals surface area contributed by atoms with Gasteiger partial charge in [-0.25, -0.2) is 0 Å². The van der Waals surface area contributed by atoms with E-state index < -0.39 is 0 Å². The van der Waals surface area contributed by atoms with E-state index in [0.717, 1.165) is 24.6 Å². The van der Waals surface area contributed by atoms with Gasteiger partial charge in [-0.3, -0.25) is 4.79 Å². The topological polar surface area (TPSA) is 26.3 Å². The Morgan fingerprint density at radius 3 is 2.22 bits per heavy atom. The quantitative estimate of drug-likeness (QED) is 0.165. The Balaban J connectivity index is 2.04. The lowest BCUT2D eigenvalue weighted by atomic mass is 10.0. The molecule has 0 heterocycles. The van der Waals surface area contributed by atoms with Crippen molar-refractivity contribution in [2.75, 3.05) is 5.33 Å². The van der Waals surface area contributed by atoms with Gasteiger partial charge in [0.05, 0.1) is 0 Å². The minimum Gasteiger partial charge on any atom is -0.462 e. The monoisotopic (exact) mass is 388 g/mol. The van der Waals surface area contributed by atoms with Crippen molar-refractivity contribution in [2.45, 2.75) is 109 Å². The fourth-order valence-electron chi connectivity index (χ4n) is 3.11. The van der Waals surface area contributed by atoms with Crippen LogP contribution in [0.25, 0.3) is 0 Å². The highest BCUT2D eigenvalue weighted by Crippen LogP contribution is 2.37. The highest BCUT2D eigenvalue weighted by molar-refractivity contribution is 9.09. The van der Waals surface area contributed by atoms with Gasteiger partial charge in [0, 0.05) is 11.8 Å². The molecule has 0 radical (unpaired) electrons. The third kappa shape index (κ3) is 12.0. The number of hydrogen-bond acceptors (Lipinski definition) is 2. The highest BCUT2D eigenvalue weighted by Gasteiger charge is 2.33. The van der Waals surface area contributed by atoms with Crippen molar-refractivity contribution in [3.05, 3.63) is 0 Å². The molecule has 1 unspecified atom stereocenters. The number of hydrogen-bond donors (Lipinski definition) is 0. The molecular formula is C20H37BrO2. The molecule has 0 aromatic rings. The van der Waals surface area contributed by atoms with Gasteiger partial charge in [0.15, 0.2) is 0 Å². The minimum absolute atomic E-state index is 0.0494. The minimum atomic E-state index is 0.0494. The van der Waals surface area contributed by atoms with E-state index in [0.29, 0.717) is 12.3 Å². The standard InChI is InChI=1S/C20H37BrO2/c1-2-3-4-5-7-10-13-19(18-15-16-18)23-20(22)14-11-8-6-9-12-17-21/h18-19H,2-17H2,1H3. The van der Waals surface area contributed by atoms with E-state index in [1.54, 1.807) is 0 Å². The van der Waals surface area contributed by atoms with E-state index in [4.69, 9.17) is 4.74 Å². The van der Waals surface area contributed by atoms with E-state index in [9.17, 15) is 4.79 Å². The molecule has 0 aromatic carbocycles. The predicted octanol–water partition coefficient (Wildman–Crippen LogP) is 6.79. The van der Waals surface area contributed by atoms with Crippen LogP contribution in [-0.2, 0) is 9.53 Å². The van der Waals surface area contributed by atoms with Crippen molar-refractivity contribution in [1.82, 2.24) is 0 Å². The summed E-state index contributed by atoms with van der Waals surface area (Å²) in [4.78, 5) is 12.0. The second-order valence-corrected chi connectivity index (χ2v) is 7.92. The van der Waals surface area contributed by atoms with Gasteiger partial charge in [-0.05, 0) is 44.4 Å². The fourth-order valence-corrected chi connectivity index (χ4v) is 3.50. The number of esters is 1. The third-order valence-corrected chi connectivity index (χ3v) is 5.35. The van der Waals surface area contributed by atoms with Crippen molar-refractivity contribution in [1.29, 1.82) is 0 Å². The maximum absolute atomic E-state index is 12.0. The van der Waals surface area contributed by atoms with Gasteiger partial charge < -0.3 is 4.74 Å². The van der Waals surface area contributed by atoms with Gasteiger partial charge in [-0.1, -0.05) is 74.2 Å². The Morgan fingerprint density at radius 1 is 0.957 bits per heavy atom. The number of rotatable bonds is 16. The molecule has 1 fully saturated rings. The van der Waals surface area contributed by atoms with Gasteiger partial charge >= 0.3 is 5.97 Å². The molecule has 2 nitrogen and oxygen atoms in total. The van der Waals surface area contributed by atoms with Crippen LogP contribution >= 0.6 is 15.9 Å². The first-order valence-electron chi connectivity index (χ1n) is 10.0. The van der Waals surface area contributed by atoms with Gasteiger partial charge in [0.1, 0.15) is 6.10 Å². The van der Waals surface area contributed by atoms with Crippen molar-refractivity contribution in [3.63, 3.8) is 0 Å². The van der Waals surface area contributed by atoms with Crippen molar-refractivity contribution in [3.8, 4) is 0 Å². The number of carbonyl (C=O) groups is 1. The lowest BCUT2D eigenvalue weighted by Crippen LogP contribution is -2.20. The van der Waals surface area contributed by atoms with Gasteiger partial charge in [0.2, 0.25) is 0 Å². The van der Waals surface area contributed by atoms with E-state index in [1.807, 2.05) is 0 Å². The summed E-state index contributed by atoms with van der Waals surface area (Å²) >= 11 is 3.45. The predicted molar refractivity (Wildman–Crippen MR) is 102 cm³/mol. The number of ether oxygens (including phenoxy) is 1. The SMILES string of the molecule is CCCCCCCCC(OC(=O)CCCCCCCBr)C1CC1. The summed E-state index contributed by atoms with van der Waals surface area (Å²) in [5.74, 6) is 0.724. The van der Waals surface area contributed by atoms with Crippen molar-refractivity contribution < 1.29 is 9.53 Å². The largest absolute Gasteiger partial charge is 0.462 e. The van der Waals surface area contributed by atoms with E-state index in [-0.39, 0.29) is 12.1 Å². The van der Waals surface area contributed by atoms with Gasteiger partial charge in [-0.2, -0.15) is 0 Å². The Kier molecular flexibility index (Phi) is 13.1. The summed E-state index contributed by atoms with van der Waals surface area (Å²) in [6.07, 6.45) is 18.3. The second-order valence-electron chi connectivity index (χ2n) is 7.13. The van der Waals surface area contributed by atoms with Crippen LogP contribution < -0.4 is 0 Å². The van der Waals surface area contributed by atoms with Crippen LogP contribution in [-0.4, -0.2) is 17.4 Å². The Labute approximate surface area is 152 Å². The van der Waals surface area contributed by atoms with Crippen LogP contribution in [0.2, 0.25) is 0 Å². The lowest BCUT2D eigenvalue weighted by molar-refractivity contribution is -0.150. The third-order valence-electron chi connectivity index (χ3n) is 4.79. The summed E-state index contributed by atoms with van der Waals surface area (Å²) in [6.45, 7) is 2.25. The van der Waals surface area contributed by atoms with E-state index in [1.165, 1.54) is 70.6 Å². The average Bonchev–Trinajstić information content (AvgIpc) is 3.38. The van der Waals surface area contributed by atoms with Crippen LogP contribution in [0.3, 0.4) is 0 Å². The number of unbranched alkanes of at least 4 members (excludes halogenated alkanes) is 9.